The topological polar surface area (TPSA) is 42.0 Å². The Balaban J connectivity index is 2.79. The second kappa shape index (κ2) is 5.00. The molecule has 1 N–H and O–H groups in total. The summed E-state index contributed by atoms with van der Waals surface area (Å²) < 4.78 is 0. The van der Waals surface area contributed by atoms with E-state index in [4.69, 9.17) is 0 Å². The molecular weight excluding hydrogens is 196 g/mol. The van der Waals surface area contributed by atoms with E-state index in [0.29, 0.717) is 5.56 Å². The van der Waals surface area contributed by atoms with E-state index in [1.807, 2.05) is 13.8 Å². The van der Waals surface area contributed by atoms with E-state index < -0.39 is 0 Å². The molecule has 4 heteroatoms. The molecule has 1 amide bonds. The smallest absolute Gasteiger partial charge is 0.252 e. The Morgan fingerprint density at radius 3 is 3.00 bits per heavy atom. The van der Waals surface area contributed by atoms with Crippen LogP contribution in [0.2, 0.25) is 0 Å². The fraction of sp³-hybridized carbons (Fsp3) is 0.400. The first-order valence-corrected chi connectivity index (χ1v) is 5.09. The quantitative estimate of drug-likeness (QED) is 0.588. The van der Waals surface area contributed by atoms with Crippen LogP contribution in [0.1, 0.15) is 29.9 Å². The molecule has 1 rings (SSSR count). The number of aromatic nitrogens is 1. The van der Waals surface area contributed by atoms with Gasteiger partial charge < -0.3 is 5.32 Å². The minimum atomic E-state index is -0.138. The number of thiol groups is 1. The number of aryl methyl sites for hydroxylation is 1. The maximum Gasteiger partial charge on any atom is 0.252 e. The van der Waals surface area contributed by atoms with Crippen molar-refractivity contribution in [1.29, 1.82) is 0 Å². The molecule has 0 saturated heterocycles. The number of hydrogen-bond donors (Lipinski definition) is 2. The average molecular weight is 210 g/mol. The first kappa shape index (κ1) is 11.0. The molecule has 1 unspecified atom stereocenters. The molecule has 3 nitrogen and oxygen atoms in total. The lowest BCUT2D eigenvalue weighted by molar-refractivity contribution is 0.0952. The molecule has 76 valence electrons. The predicted octanol–water partition coefficient (Wildman–Crippen LogP) is 1.65. The standard InChI is InChI=1S/C10H14N2OS/c1-3-9-6-8(4-5-11-9)10(13)12-7(2)14/h4-7,14H,3H2,1-2H3,(H,12,13). The Labute approximate surface area is 89.3 Å². The van der Waals surface area contributed by atoms with Crippen LogP contribution in [0.5, 0.6) is 0 Å². The third kappa shape index (κ3) is 3.03. The summed E-state index contributed by atoms with van der Waals surface area (Å²) in [6, 6.07) is 3.50. The van der Waals surface area contributed by atoms with E-state index >= 15 is 0 Å². The summed E-state index contributed by atoms with van der Waals surface area (Å²) in [7, 11) is 0. The molecule has 0 saturated carbocycles. The molecule has 1 aromatic rings. The van der Waals surface area contributed by atoms with Crippen molar-refractivity contribution in [3.63, 3.8) is 0 Å². The second-order valence-electron chi connectivity index (χ2n) is 3.04. The Morgan fingerprint density at radius 2 is 2.43 bits per heavy atom. The van der Waals surface area contributed by atoms with Crippen molar-refractivity contribution in [2.75, 3.05) is 0 Å². The van der Waals surface area contributed by atoms with Gasteiger partial charge >= 0.3 is 0 Å². The van der Waals surface area contributed by atoms with Gasteiger partial charge in [-0.05, 0) is 25.5 Å². The molecule has 0 aliphatic rings. The number of hydrogen-bond acceptors (Lipinski definition) is 3. The number of carbonyl (C=O) groups is 1. The fourth-order valence-corrected chi connectivity index (χ4v) is 1.20. The maximum atomic E-state index is 11.5. The maximum absolute atomic E-state index is 11.5. The molecule has 0 aliphatic carbocycles. The normalized spacial score (nSPS) is 12.2. The van der Waals surface area contributed by atoms with Crippen molar-refractivity contribution in [1.82, 2.24) is 10.3 Å². The van der Waals surface area contributed by atoms with Crippen LogP contribution in [0.25, 0.3) is 0 Å². The van der Waals surface area contributed by atoms with Gasteiger partial charge in [-0.2, -0.15) is 12.6 Å². The van der Waals surface area contributed by atoms with Crippen molar-refractivity contribution in [3.05, 3.63) is 29.6 Å². The Bertz CT molecular complexity index is 326. The lowest BCUT2D eigenvalue weighted by atomic mass is 10.2. The number of amides is 1. The lowest BCUT2D eigenvalue weighted by Crippen LogP contribution is -2.28. The second-order valence-corrected chi connectivity index (χ2v) is 3.81. The third-order valence-corrected chi connectivity index (χ3v) is 1.91. The van der Waals surface area contributed by atoms with Crippen LogP contribution in [0.15, 0.2) is 18.3 Å². The number of nitrogens with one attached hydrogen (secondary N) is 1. The summed E-state index contributed by atoms with van der Waals surface area (Å²) in [5.74, 6) is -0.107. The van der Waals surface area contributed by atoms with Crippen LogP contribution in [-0.2, 0) is 6.42 Å². The molecule has 1 aromatic heterocycles. The van der Waals surface area contributed by atoms with Gasteiger partial charge in [-0.15, -0.1) is 0 Å². The van der Waals surface area contributed by atoms with Gasteiger partial charge in [0.15, 0.2) is 0 Å². The summed E-state index contributed by atoms with van der Waals surface area (Å²) in [6.07, 6.45) is 2.48. The Morgan fingerprint density at radius 1 is 1.71 bits per heavy atom. The molecule has 14 heavy (non-hydrogen) atoms. The van der Waals surface area contributed by atoms with Crippen LogP contribution in [0, 0.1) is 0 Å². The minimum absolute atomic E-state index is 0.107. The SMILES string of the molecule is CCc1cc(C(=O)NC(C)S)ccn1. The highest BCUT2D eigenvalue weighted by atomic mass is 32.1. The first-order chi connectivity index (χ1) is 6.63. The van der Waals surface area contributed by atoms with Crippen LogP contribution >= 0.6 is 12.6 Å². The third-order valence-electron chi connectivity index (χ3n) is 1.78. The average Bonchev–Trinajstić information content (AvgIpc) is 2.17. The lowest BCUT2D eigenvalue weighted by Gasteiger charge is -2.07. The van der Waals surface area contributed by atoms with Crippen LogP contribution in [0.4, 0.5) is 0 Å². The van der Waals surface area contributed by atoms with Crippen molar-refractivity contribution in [2.45, 2.75) is 25.6 Å². The van der Waals surface area contributed by atoms with E-state index in [1.165, 1.54) is 0 Å². The zero-order chi connectivity index (χ0) is 10.6. The number of pyridine rings is 1. The molecule has 0 aromatic carbocycles. The highest BCUT2D eigenvalue weighted by molar-refractivity contribution is 7.80. The molecule has 0 bridgehead atoms. The van der Waals surface area contributed by atoms with Gasteiger partial charge in [0.05, 0.1) is 5.37 Å². The van der Waals surface area contributed by atoms with Gasteiger partial charge in [-0.25, -0.2) is 0 Å². The van der Waals surface area contributed by atoms with Gasteiger partial charge in [0.1, 0.15) is 0 Å². The minimum Gasteiger partial charge on any atom is -0.341 e. The Hall–Kier alpha value is -1.03. The highest BCUT2D eigenvalue weighted by Gasteiger charge is 2.07. The van der Waals surface area contributed by atoms with E-state index in [0.717, 1.165) is 12.1 Å². The van der Waals surface area contributed by atoms with Crippen molar-refractivity contribution < 1.29 is 4.79 Å². The predicted molar refractivity (Wildman–Crippen MR) is 59.5 cm³/mol. The highest BCUT2D eigenvalue weighted by Crippen LogP contribution is 2.03. The van der Waals surface area contributed by atoms with Crippen LogP contribution in [0.3, 0.4) is 0 Å². The van der Waals surface area contributed by atoms with Crippen molar-refractivity contribution in [2.24, 2.45) is 0 Å². The monoisotopic (exact) mass is 210 g/mol. The van der Waals surface area contributed by atoms with Crippen molar-refractivity contribution in [3.8, 4) is 0 Å². The molecule has 1 heterocycles. The van der Waals surface area contributed by atoms with E-state index in [2.05, 4.69) is 22.9 Å². The fourth-order valence-electron chi connectivity index (χ4n) is 1.09. The molecule has 0 fully saturated rings. The number of rotatable bonds is 3. The molecule has 0 radical (unpaired) electrons. The summed E-state index contributed by atoms with van der Waals surface area (Å²) >= 11 is 4.09. The van der Waals surface area contributed by atoms with Crippen LogP contribution in [-0.4, -0.2) is 16.3 Å². The first-order valence-electron chi connectivity index (χ1n) is 4.57. The van der Waals surface area contributed by atoms with Gasteiger partial charge in [0.2, 0.25) is 0 Å². The molecule has 1 atom stereocenters. The summed E-state index contributed by atoms with van der Waals surface area (Å²) in [4.78, 5) is 15.7. The number of nitrogens with zero attached hydrogens (tertiary/aromatic N) is 1. The summed E-state index contributed by atoms with van der Waals surface area (Å²) in [5.41, 5.74) is 1.56. The zero-order valence-electron chi connectivity index (χ0n) is 8.32. The molecule has 0 aliphatic heterocycles. The van der Waals surface area contributed by atoms with Gasteiger partial charge in [0.25, 0.3) is 5.91 Å². The van der Waals surface area contributed by atoms with Crippen molar-refractivity contribution >= 4 is 18.5 Å². The zero-order valence-corrected chi connectivity index (χ0v) is 9.21. The number of carbonyl (C=O) groups excluding carboxylic acids is 1. The molecular formula is C10H14N2OS. The molecule has 0 spiro atoms. The van der Waals surface area contributed by atoms with E-state index in [9.17, 15) is 4.79 Å². The van der Waals surface area contributed by atoms with Gasteiger partial charge in [-0.3, -0.25) is 9.78 Å². The van der Waals surface area contributed by atoms with E-state index in [1.54, 1.807) is 18.3 Å². The summed E-state index contributed by atoms with van der Waals surface area (Å²) in [5, 5.41) is 2.57. The van der Waals surface area contributed by atoms with Gasteiger partial charge in [0, 0.05) is 17.5 Å². The summed E-state index contributed by atoms with van der Waals surface area (Å²) in [6.45, 7) is 3.81. The van der Waals surface area contributed by atoms with E-state index in [-0.39, 0.29) is 11.3 Å². The Kier molecular flexibility index (Phi) is 3.95. The van der Waals surface area contributed by atoms with Gasteiger partial charge in [-0.1, -0.05) is 6.92 Å². The van der Waals surface area contributed by atoms with Crippen LogP contribution < -0.4 is 5.32 Å². The largest absolute Gasteiger partial charge is 0.341 e.